The number of fused-ring (bicyclic) bond motifs is 1. The Morgan fingerprint density at radius 2 is 1.73 bits per heavy atom. The van der Waals surface area contributed by atoms with E-state index in [4.69, 9.17) is 14.2 Å². The van der Waals surface area contributed by atoms with E-state index in [1.165, 1.54) is 11.4 Å². The average Bonchev–Trinajstić information content (AvgIpc) is 2.74. The average molecular weight is 432 g/mol. The highest BCUT2D eigenvalue weighted by molar-refractivity contribution is 7.89. The lowest BCUT2D eigenvalue weighted by atomic mass is 9.83. The molecule has 0 aliphatic carbocycles. The van der Waals surface area contributed by atoms with Gasteiger partial charge >= 0.3 is 0 Å². The number of nitrogens with zero attached hydrogens (tertiary/aromatic N) is 1. The first-order valence-corrected chi connectivity index (χ1v) is 11.4. The Bertz CT molecular complexity index is 1040. The van der Waals surface area contributed by atoms with Crippen molar-refractivity contribution in [3.8, 4) is 17.2 Å². The van der Waals surface area contributed by atoms with Gasteiger partial charge in [0.15, 0.2) is 5.78 Å². The van der Waals surface area contributed by atoms with Crippen molar-refractivity contribution >= 4 is 15.8 Å². The molecule has 1 fully saturated rings. The smallest absolute Gasteiger partial charge is 0.243 e. The van der Waals surface area contributed by atoms with Gasteiger partial charge < -0.3 is 14.2 Å². The molecule has 2 aliphatic rings. The highest BCUT2D eigenvalue weighted by atomic mass is 32.2. The Balaban J connectivity index is 1.51. The van der Waals surface area contributed by atoms with Gasteiger partial charge in [0.2, 0.25) is 10.0 Å². The Hall–Kier alpha value is -2.58. The second kappa shape index (κ2) is 7.92. The van der Waals surface area contributed by atoms with Crippen molar-refractivity contribution in [3.63, 3.8) is 0 Å². The predicted octanol–water partition coefficient (Wildman–Crippen LogP) is 3.28. The highest BCUT2D eigenvalue weighted by Gasteiger charge is 2.45. The molecule has 2 aromatic carbocycles. The number of ketones is 1. The van der Waals surface area contributed by atoms with E-state index >= 15 is 0 Å². The first kappa shape index (κ1) is 20.7. The molecule has 0 aromatic heterocycles. The number of hydrogen-bond acceptors (Lipinski definition) is 6. The van der Waals surface area contributed by atoms with Gasteiger partial charge in [-0.3, -0.25) is 4.79 Å². The van der Waals surface area contributed by atoms with Gasteiger partial charge in [-0.2, -0.15) is 4.31 Å². The summed E-state index contributed by atoms with van der Waals surface area (Å²) in [5, 5.41) is 0. The highest BCUT2D eigenvalue weighted by Crippen LogP contribution is 2.41. The summed E-state index contributed by atoms with van der Waals surface area (Å²) in [6.45, 7) is 3.01. The number of carbonyl (C=O) groups excluding carboxylic acids is 1. The Labute approximate surface area is 176 Å². The number of ether oxygens (including phenoxy) is 3. The van der Waals surface area contributed by atoms with E-state index in [9.17, 15) is 13.2 Å². The van der Waals surface area contributed by atoms with E-state index in [-0.39, 0.29) is 17.1 Å². The van der Waals surface area contributed by atoms with Crippen LogP contribution < -0.4 is 14.2 Å². The minimum Gasteiger partial charge on any atom is -0.497 e. The van der Waals surface area contributed by atoms with Crippen molar-refractivity contribution in [3.05, 3.63) is 48.0 Å². The third kappa shape index (κ3) is 3.77. The number of Topliss-reactive ketones (excluding diaryl/α,β-unsaturated/α-hetero) is 1. The quantitative estimate of drug-likeness (QED) is 0.723. The third-order valence-corrected chi connectivity index (χ3v) is 7.62. The Morgan fingerprint density at radius 3 is 2.37 bits per heavy atom. The molecule has 1 saturated heterocycles. The maximum atomic E-state index is 13.0. The van der Waals surface area contributed by atoms with Gasteiger partial charge in [-0.25, -0.2) is 8.42 Å². The molecule has 0 saturated carbocycles. The monoisotopic (exact) mass is 431 g/mol. The van der Waals surface area contributed by atoms with E-state index in [0.717, 1.165) is 0 Å². The zero-order valence-electron chi connectivity index (χ0n) is 17.1. The van der Waals surface area contributed by atoms with Gasteiger partial charge in [-0.15, -0.1) is 0 Å². The van der Waals surface area contributed by atoms with E-state index in [1.807, 2.05) is 6.92 Å². The normalized spacial score (nSPS) is 18.5. The fourth-order valence-corrected chi connectivity index (χ4v) is 5.48. The van der Waals surface area contributed by atoms with Crippen molar-refractivity contribution in [1.29, 1.82) is 0 Å². The summed E-state index contributed by atoms with van der Waals surface area (Å²) in [5.41, 5.74) is -0.127. The van der Waals surface area contributed by atoms with Crippen LogP contribution in [0.15, 0.2) is 47.4 Å². The van der Waals surface area contributed by atoms with E-state index in [0.29, 0.717) is 55.4 Å². The van der Waals surface area contributed by atoms with Gasteiger partial charge in [0.05, 0.1) is 30.6 Å². The molecule has 0 amide bonds. The van der Waals surface area contributed by atoms with Crippen LogP contribution in [0.1, 0.15) is 36.5 Å². The van der Waals surface area contributed by atoms with Gasteiger partial charge in [-0.1, -0.05) is 0 Å². The first-order chi connectivity index (χ1) is 14.4. The van der Waals surface area contributed by atoms with Crippen molar-refractivity contribution in [1.82, 2.24) is 4.31 Å². The zero-order valence-corrected chi connectivity index (χ0v) is 17.9. The van der Waals surface area contributed by atoms with Crippen LogP contribution in [0.25, 0.3) is 0 Å². The lowest BCUT2D eigenvalue weighted by Crippen LogP contribution is -2.52. The molecule has 0 N–H and O–H groups in total. The number of methoxy groups -OCH3 is 1. The lowest BCUT2D eigenvalue weighted by Gasteiger charge is -2.43. The summed E-state index contributed by atoms with van der Waals surface area (Å²) in [6, 6.07) is 11.6. The minimum absolute atomic E-state index is 0.0192. The number of sulfonamides is 1. The van der Waals surface area contributed by atoms with Gasteiger partial charge in [0, 0.05) is 32.0 Å². The number of hydrogen-bond donors (Lipinski definition) is 0. The molecule has 4 rings (SSSR count). The Morgan fingerprint density at radius 1 is 1.07 bits per heavy atom. The Kier molecular flexibility index (Phi) is 5.46. The molecule has 0 atom stereocenters. The lowest BCUT2D eigenvalue weighted by molar-refractivity contribution is 0.00575. The van der Waals surface area contributed by atoms with Gasteiger partial charge in [-0.05, 0) is 43.3 Å². The van der Waals surface area contributed by atoms with Crippen molar-refractivity contribution in [2.24, 2.45) is 0 Å². The summed E-state index contributed by atoms with van der Waals surface area (Å²) in [6.07, 6.45) is 1.16. The van der Waals surface area contributed by atoms with Crippen LogP contribution in [0, 0.1) is 0 Å². The molecule has 0 radical (unpaired) electrons. The fraction of sp³-hybridized carbons (Fsp3) is 0.409. The maximum Gasteiger partial charge on any atom is 0.243 e. The molecular formula is C22H25NO6S. The zero-order chi connectivity index (χ0) is 21.4. The van der Waals surface area contributed by atoms with Crippen LogP contribution >= 0.6 is 0 Å². The van der Waals surface area contributed by atoms with E-state index in [1.54, 1.807) is 42.5 Å². The second-order valence-electron chi connectivity index (χ2n) is 7.56. The first-order valence-electron chi connectivity index (χ1n) is 10.0. The number of benzene rings is 2. The van der Waals surface area contributed by atoms with Crippen LogP contribution in [-0.4, -0.2) is 50.9 Å². The minimum atomic E-state index is -3.61. The van der Waals surface area contributed by atoms with E-state index in [2.05, 4.69) is 0 Å². The summed E-state index contributed by atoms with van der Waals surface area (Å²) < 4.78 is 44.4. The van der Waals surface area contributed by atoms with Crippen LogP contribution in [-0.2, 0) is 10.0 Å². The summed E-state index contributed by atoms with van der Waals surface area (Å²) in [7, 11) is -2.08. The largest absolute Gasteiger partial charge is 0.497 e. The molecule has 2 heterocycles. The molecule has 2 aliphatic heterocycles. The molecular weight excluding hydrogens is 406 g/mol. The molecule has 7 nitrogen and oxygen atoms in total. The molecule has 2 aromatic rings. The summed E-state index contributed by atoms with van der Waals surface area (Å²) in [5.74, 6) is 1.79. The molecule has 30 heavy (non-hydrogen) atoms. The summed E-state index contributed by atoms with van der Waals surface area (Å²) in [4.78, 5) is 13.0. The summed E-state index contributed by atoms with van der Waals surface area (Å²) >= 11 is 0. The molecule has 8 heteroatoms. The predicted molar refractivity (Wildman–Crippen MR) is 111 cm³/mol. The molecule has 160 valence electrons. The van der Waals surface area contributed by atoms with Crippen LogP contribution in [0.4, 0.5) is 0 Å². The topological polar surface area (TPSA) is 82.1 Å². The second-order valence-corrected chi connectivity index (χ2v) is 9.49. The van der Waals surface area contributed by atoms with E-state index < -0.39 is 15.6 Å². The number of piperidine rings is 1. The SMILES string of the molecule is CCOc1ccc2c(c1)OC1(CCN(S(=O)(=O)c3ccc(OC)cc3)CC1)CC2=O. The third-order valence-electron chi connectivity index (χ3n) is 5.70. The van der Waals surface area contributed by atoms with Crippen LogP contribution in [0.2, 0.25) is 0 Å². The van der Waals surface area contributed by atoms with Crippen molar-refractivity contribution < 1.29 is 27.4 Å². The van der Waals surface area contributed by atoms with Gasteiger partial charge in [0.25, 0.3) is 0 Å². The molecule has 0 bridgehead atoms. The molecule has 0 unspecified atom stereocenters. The van der Waals surface area contributed by atoms with Gasteiger partial charge in [0.1, 0.15) is 22.8 Å². The number of rotatable bonds is 5. The molecule has 1 spiro atoms. The van der Waals surface area contributed by atoms with Crippen molar-refractivity contribution in [2.75, 3.05) is 26.8 Å². The van der Waals surface area contributed by atoms with Crippen LogP contribution in [0.5, 0.6) is 17.2 Å². The van der Waals surface area contributed by atoms with Crippen molar-refractivity contribution in [2.45, 2.75) is 36.7 Å². The number of carbonyl (C=O) groups is 1. The maximum absolute atomic E-state index is 13.0. The fourth-order valence-electron chi connectivity index (χ4n) is 4.04. The standard InChI is InChI=1S/C22H25NO6S/c1-3-28-17-6-9-19-20(24)15-22(29-21(19)14-17)10-12-23(13-11-22)30(25,26)18-7-4-16(27-2)5-8-18/h4-9,14H,3,10-13,15H2,1-2H3. The van der Waals surface area contributed by atoms with Crippen LogP contribution in [0.3, 0.4) is 0 Å².